The van der Waals surface area contributed by atoms with Gasteiger partial charge in [-0.3, -0.25) is 4.90 Å². The molecule has 4 atom stereocenters. The number of ether oxygens (including phenoxy) is 1. The number of nitrogens with two attached hydrogens (primary N) is 1. The summed E-state index contributed by atoms with van der Waals surface area (Å²) in [5, 5.41) is 30.5. The highest BCUT2D eigenvalue weighted by Crippen LogP contribution is 2.52. The van der Waals surface area contributed by atoms with Crippen LogP contribution < -0.4 is 20.3 Å². The highest BCUT2D eigenvalue weighted by Gasteiger charge is 2.52. The molecule has 13 heteroatoms. The van der Waals surface area contributed by atoms with E-state index in [0.717, 1.165) is 44.2 Å². The first-order chi connectivity index (χ1) is 19.8. The second-order valence-electron chi connectivity index (χ2n) is 12.4. The molecule has 4 fully saturated rings. The van der Waals surface area contributed by atoms with Crippen LogP contribution in [0.2, 0.25) is 0 Å². The molecule has 41 heavy (non-hydrogen) atoms. The maximum absolute atomic E-state index is 14.4. The van der Waals surface area contributed by atoms with Gasteiger partial charge in [-0.15, -0.1) is 11.3 Å². The van der Waals surface area contributed by atoms with Crippen molar-refractivity contribution in [2.24, 2.45) is 5.92 Å². The molecule has 11 nitrogen and oxygen atoms in total. The Kier molecular flexibility index (Phi) is 6.45. The van der Waals surface area contributed by atoms with Crippen LogP contribution in [0, 0.1) is 28.6 Å². The van der Waals surface area contributed by atoms with E-state index in [1.54, 1.807) is 0 Å². The second kappa shape index (κ2) is 9.93. The predicted molar refractivity (Wildman–Crippen MR) is 151 cm³/mol. The van der Waals surface area contributed by atoms with Gasteiger partial charge in [-0.05, 0) is 50.6 Å². The highest BCUT2D eigenvalue weighted by molar-refractivity contribution is 7.16. The third kappa shape index (κ3) is 4.37. The molecule has 2 aromatic heterocycles. The molecule has 1 spiro atoms. The monoisotopic (exact) mass is 579 g/mol. The van der Waals surface area contributed by atoms with Crippen molar-refractivity contribution in [2.45, 2.75) is 68.2 Å². The van der Waals surface area contributed by atoms with Gasteiger partial charge >= 0.3 is 6.01 Å². The fourth-order valence-electron chi connectivity index (χ4n) is 7.77. The van der Waals surface area contributed by atoms with Crippen LogP contribution >= 0.6 is 11.3 Å². The fraction of sp³-hybridized carbons (Fsp3) is 0.679. The van der Waals surface area contributed by atoms with Gasteiger partial charge in [-0.2, -0.15) is 25.5 Å². The van der Waals surface area contributed by atoms with E-state index < -0.39 is 18.2 Å². The zero-order chi connectivity index (χ0) is 28.4. The minimum atomic E-state index is -0.854. The number of β-amino-alcohol motifs (C(OH)–C–C–N with tert-alkyl or cyclic N) is 1. The van der Waals surface area contributed by atoms with Gasteiger partial charge < -0.3 is 25.4 Å². The number of nitriles is 2. The minimum Gasteiger partial charge on any atom is -0.461 e. The van der Waals surface area contributed by atoms with E-state index in [1.807, 2.05) is 4.90 Å². The number of anilines is 3. The molecule has 4 saturated heterocycles. The largest absolute Gasteiger partial charge is 0.461 e. The lowest BCUT2D eigenvalue weighted by atomic mass is 9.74. The van der Waals surface area contributed by atoms with Gasteiger partial charge in [0.05, 0.1) is 29.2 Å². The number of hydrogen-bond donors (Lipinski definition) is 2. The first kappa shape index (κ1) is 26.6. The van der Waals surface area contributed by atoms with Crippen molar-refractivity contribution in [2.75, 3.05) is 61.4 Å². The first-order valence-corrected chi connectivity index (χ1v) is 15.3. The molecular weight excluding hydrogens is 545 g/mol. The van der Waals surface area contributed by atoms with E-state index in [0.29, 0.717) is 68.1 Å². The zero-order valence-corrected chi connectivity index (χ0v) is 23.7. The van der Waals surface area contributed by atoms with E-state index in [1.165, 1.54) is 16.2 Å². The number of thiophene rings is 1. The summed E-state index contributed by atoms with van der Waals surface area (Å²) in [7, 11) is 0. The average Bonchev–Trinajstić information content (AvgIpc) is 3.62. The molecule has 216 valence electrons. The number of halogens is 1. The lowest BCUT2D eigenvalue weighted by Gasteiger charge is -2.48. The number of alkyl halides is 1. The molecule has 0 saturated carbocycles. The third-order valence-corrected chi connectivity index (χ3v) is 10.9. The summed E-state index contributed by atoms with van der Waals surface area (Å²) < 4.78 is 20.6. The number of aryl methyl sites for hydroxylation is 1. The SMILES string of the molecule is N#Cc1c(N)sc2c1C1(CC2)CN(c2nc(OC[C@@]34CCCN3CC(F)C4)nc(N3CCCC(C#N)C(O)C3)n2)C1. The number of hydrogen-bond acceptors (Lipinski definition) is 12. The Hall–Kier alpha value is -3.26. The standard InChI is InChI=1S/C28H34FN9O2S/c29-18-9-28(5-2-8-38(28)12-18)16-40-26-34-24(36-7-1-3-17(10-30)20(39)13-36)33-25(35-26)37-14-27(15-37)6-4-21-22(27)19(11-31)23(32)41-21/h17-18,20,39H,1-9,12-16,32H2/t17?,18?,20?,28-/m0/s1. The van der Waals surface area contributed by atoms with Crippen LogP contribution in [0.4, 0.5) is 21.3 Å². The van der Waals surface area contributed by atoms with Gasteiger partial charge in [0, 0.05) is 49.4 Å². The number of aliphatic hydroxyl groups is 1. The molecule has 0 radical (unpaired) electrons. The van der Waals surface area contributed by atoms with E-state index in [2.05, 4.69) is 26.9 Å². The van der Waals surface area contributed by atoms with Gasteiger partial charge in [-0.1, -0.05) is 0 Å². The van der Waals surface area contributed by atoms with Crippen LogP contribution in [-0.2, 0) is 11.8 Å². The van der Waals surface area contributed by atoms with Gasteiger partial charge in [-0.25, -0.2) is 4.39 Å². The highest BCUT2D eigenvalue weighted by atomic mass is 32.1. The minimum absolute atomic E-state index is 0.148. The Morgan fingerprint density at radius 1 is 1.10 bits per heavy atom. The maximum Gasteiger partial charge on any atom is 0.323 e. The van der Waals surface area contributed by atoms with Crippen molar-refractivity contribution in [3.05, 3.63) is 16.0 Å². The summed E-state index contributed by atoms with van der Waals surface area (Å²) in [5.74, 6) is 0.459. The Labute approximate surface area is 242 Å². The van der Waals surface area contributed by atoms with Gasteiger partial charge in [0.2, 0.25) is 11.9 Å². The average molecular weight is 580 g/mol. The molecular formula is C28H34FN9O2S. The van der Waals surface area contributed by atoms with Crippen LogP contribution in [0.15, 0.2) is 0 Å². The molecule has 7 rings (SSSR count). The molecule has 2 aromatic rings. The van der Waals surface area contributed by atoms with E-state index >= 15 is 0 Å². The summed E-state index contributed by atoms with van der Waals surface area (Å²) in [6.07, 6.45) is 3.90. The topological polar surface area (TPSA) is 151 Å². The second-order valence-corrected chi connectivity index (χ2v) is 13.5. The molecule has 5 aliphatic rings. The lowest BCUT2D eigenvalue weighted by molar-refractivity contribution is 0.107. The van der Waals surface area contributed by atoms with Crippen molar-refractivity contribution in [3.63, 3.8) is 0 Å². The van der Waals surface area contributed by atoms with Crippen molar-refractivity contribution in [1.82, 2.24) is 19.9 Å². The molecule has 3 N–H and O–H groups in total. The molecule has 0 aromatic carbocycles. The van der Waals surface area contributed by atoms with E-state index in [9.17, 15) is 20.0 Å². The van der Waals surface area contributed by atoms with Gasteiger partial charge in [0.25, 0.3) is 0 Å². The Bertz CT molecular complexity index is 1430. The number of fused-ring (bicyclic) bond motifs is 3. The van der Waals surface area contributed by atoms with Crippen molar-refractivity contribution in [1.29, 1.82) is 10.5 Å². The molecule has 6 heterocycles. The quantitative estimate of drug-likeness (QED) is 0.536. The number of nitrogens with zero attached hydrogens (tertiary/aromatic N) is 8. The number of aliphatic hydroxyl groups excluding tert-OH is 1. The molecule has 3 unspecified atom stereocenters. The summed E-state index contributed by atoms with van der Waals surface area (Å²) in [6.45, 7) is 3.80. The summed E-state index contributed by atoms with van der Waals surface area (Å²) in [6, 6.07) is 4.73. The number of nitrogen functional groups attached to an aromatic ring is 1. The van der Waals surface area contributed by atoms with Crippen LogP contribution in [-0.4, -0.2) is 88.6 Å². The zero-order valence-electron chi connectivity index (χ0n) is 22.9. The van der Waals surface area contributed by atoms with Gasteiger partial charge in [0.15, 0.2) is 0 Å². The van der Waals surface area contributed by atoms with Gasteiger partial charge in [0.1, 0.15) is 23.8 Å². The number of rotatable bonds is 5. The Balaban J connectivity index is 1.17. The van der Waals surface area contributed by atoms with Crippen LogP contribution in [0.25, 0.3) is 0 Å². The van der Waals surface area contributed by atoms with Crippen molar-refractivity contribution >= 4 is 28.2 Å². The Morgan fingerprint density at radius 3 is 2.68 bits per heavy atom. The molecule has 0 amide bonds. The first-order valence-electron chi connectivity index (χ1n) is 14.5. The summed E-state index contributed by atoms with van der Waals surface area (Å²) in [5.41, 5.74) is 7.38. The van der Waals surface area contributed by atoms with Crippen molar-refractivity contribution < 1.29 is 14.2 Å². The molecule has 1 aliphatic carbocycles. The van der Waals surface area contributed by atoms with E-state index in [-0.39, 0.29) is 23.5 Å². The van der Waals surface area contributed by atoms with E-state index in [4.69, 9.17) is 20.4 Å². The predicted octanol–water partition coefficient (Wildman–Crippen LogP) is 2.15. The summed E-state index contributed by atoms with van der Waals surface area (Å²) in [4.78, 5) is 21.6. The smallest absolute Gasteiger partial charge is 0.323 e. The van der Waals surface area contributed by atoms with Crippen LogP contribution in [0.5, 0.6) is 6.01 Å². The third-order valence-electron chi connectivity index (χ3n) is 9.84. The van der Waals surface area contributed by atoms with Crippen LogP contribution in [0.3, 0.4) is 0 Å². The molecule has 4 aliphatic heterocycles. The normalized spacial score (nSPS) is 30.4. The lowest BCUT2D eigenvalue weighted by Crippen LogP contribution is -2.59. The van der Waals surface area contributed by atoms with Crippen molar-refractivity contribution in [3.8, 4) is 18.1 Å². The fourth-order valence-corrected chi connectivity index (χ4v) is 8.91. The maximum atomic E-state index is 14.4. The summed E-state index contributed by atoms with van der Waals surface area (Å²) >= 11 is 1.52. The number of aromatic nitrogens is 3. The Morgan fingerprint density at radius 2 is 1.90 bits per heavy atom. The van der Waals surface area contributed by atoms with Crippen LogP contribution in [0.1, 0.15) is 54.5 Å². The molecule has 0 bridgehead atoms.